The maximum Gasteiger partial charge on any atom is 0.356 e. The van der Waals surface area contributed by atoms with Gasteiger partial charge in [-0.05, 0) is 68.0 Å². The van der Waals surface area contributed by atoms with Crippen LogP contribution in [0.25, 0.3) is 17.0 Å². The van der Waals surface area contributed by atoms with Crippen LogP contribution in [0.1, 0.15) is 29.9 Å². The van der Waals surface area contributed by atoms with E-state index in [9.17, 15) is 13.2 Å². The van der Waals surface area contributed by atoms with E-state index in [4.69, 9.17) is 26.1 Å². The Morgan fingerprint density at radius 2 is 1.79 bits per heavy atom. The minimum Gasteiger partial charge on any atom is -0.461 e. The Kier molecular flexibility index (Phi) is 8.43. The molecule has 1 atom stereocenters. The van der Waals surface area contributed by atoms with Crippen molar-refractivity contribution in [3.63, 3.8) is 0 Å². The van der Waals surface area contributed by atoms with Gasteiger partial charge in [-0.3, -0.25) is 4.57 Å². The number of rotatable bonds is 9. The van der Waals surface area contributed by atoms with E-state index in [1.165, 1.54) is 42.5 Å². The minimum absolute atomic E-state index is 0.0174. The van der Waals surface area contributed by atoms with Crippen molar-refractivity contribution < 1.29 is 27.0 Å². The zero-order valence-corrected chi connectivity index (χ0v) is 23.5. The number of benzene rings is 3. The van der Waals surface area contributed by atoms with Gasteiger partial charge in [0, 0.05) is 21.8 Å². The number of halogens is 1. The van der Waals surface area contributed by atoms with Crippen molar-refractivity contribution in [2.45, 2.75) is 18.7 Å². The quantitative estimate of drug-likeness (QED) is 0.145. The van der Waals surface area contributed by atoms with Gasteiger partial charge in [0.15, 0.2) is 5.69 Å². The molecule has 0 bridgehead atoms. The molecule has 0 aliphatic rings. The SMILES string of the molecule is CCOC(=O)c1c(P(=O)(OCC)c2cccc(/C=C/C#N)c2)c2cc(Cl)ccc2n1S(=O)(=O)c1ccccc1. The molecule has 0 radical (unpaired) electrons. The summed E-state index contributed by atoms with van der Waals surface area (Å²) < 4.78 is 55.1. The summed E-state index contributed by atoms with van der Waals surface area (Å²) in [5, 5.41) is 9.41. The topological polar surface area (TPSA) is 115 Å². The number of fused-ring (bicyclic) bond motifs is 1. The molecule has 0 spiro atoms. The third-order valence-corrected chi connectivity index (χ3v) is 10.4. The van der Waals surface area contributed by atoms with Gasteiger partial charge in [0.05, 0.1) is 35.0 Å². The van der Waals surface area contributed by atoms with Gasteiger partial charge in [0.1, 0.15) is 0 Å². The van der Waals surface area contributed by atoms with Crippen LogP contribution in [0, 0.1) is 11.3 Å². The van der Waals surface area contributed by atoms with Crippen LogP contribution in [-0.2, 0) is 23.8 Å². The van der Waals surface area contributed by atoms with Crippen molar-refractivity contribution in [2.75, 3.05) is 13.2 Å². The maximum absolute atomic E-state index is 15.0. The first kappa shape index (κ1) is 28.3. The zero-order valence-electron chi connectivity index (χ0n) is 21.1. The summed E-state index contributed by atoms with van der Waals surface area (Å²) in [6.45, 7) is 3.15. The fourth-order valence-corrected chi connectivity index (χ4v) is 8.48. The fourth-order valence-electron chi connectivity index (χ4n) is 4.24. The number of allylic oxidation sites excluding steroid dienone is 1. The average Bonchev–Trinajstić information content (AvgIpc) is 3.28. The standard InChI is InChI=1S/C28H24ClN2O6PS/c1-3-36-28(32)26-27(38(33,37-4-2)22-12-8-10-20(18-22)11-9-17-30)24-19-21(29)15-16-25(24)31(26)39(34,35)23-13-6-5-7-14-23/h5-16,18-19H,3-4H2,1-2H3/b11-9+. The van der Waals surface area contributed by atoms with Crippen molar-refractivity contribution in [3.05, 3.63) is 95.2 Å². The molecular weight excluding hydrogens is 559 g/mol. The Bertz CT molecular complexity index is 1780. The molecule has 0 aliphatic heterocycles. The molecule has 1 unspecified atom stereocenters. The maximum atomic E-state index is 15.0. The number of nitrogens with zero attached hydrogens (tertiary/aromatic N) is 2. The second-order valence-corrected chi connectivity index (χ2v) is 12.7. The van der Waals surface area contributed by atoms with Crippen LogP contribution in [0.3, 0.4) is 0 Å². The van der Waals surface area contributed by atoms with Crippen LogP contribution >= 0.6 is 19.0 Å². The van der Waals surface area contributed by atoms with Crippen LogP contribution in [0.4, 0.5) is 0 Å². The van der Waals surface area contributed by atoms with E-state index < -0.39 is 29.1 Å². The summed E-state index contributed by atoms with van der Waals surface area (Å²) in [4.78, 5) is 13.5. The summed E-state index contributed by atoms with van der Waals surface area (Å²) in [6.07, 6.45) is 2.80. The van der Waals surface area contributed by atoms with Crippen LogP contribution in [-0.4, -0.2) is 31.6 Å². The first-order valence-electron chi connectivity index (χ1n) is 11.9. The van der Waals surface area contributed by atoms with Crippen molar-refractivity contribution >= 4 is 62.6 Å². The van der Waals surface area contributed by atoms with Gasteiger partial charge in [-0.1, -0.05) is 41.9 Å². The van der Waals surface area contributed by atoms with Crippen LogP contribution in [0.2, 0.25) is 5.02 Å². The van der Waals surface area contributed by atoms with Gasteiger partial charge in [-0.15, -0.1) is 0 Å². The molecule has 39 heavy (non-hydrogen) atoms. The van der Waals surface area contributed by atoms with Crippen LogP contribution < -0.4 is 10.6 Å². The van der Waals surface area contributed by atoms with E-state index in [0.717, 1.165) is 3.97 Å². The Balaban J connectivity index is 2.19. The molecule has 0 aliphatic carbocycles. The molecule has 1 heterocycles. The van der Waals surface area contributed by atoms with Crippen molar-refractivity contribution in [2.24, 2.45) is 0 Å². The largest absolute Gasteiger partial charge is 0.461 e. The molecule has 200 valence electrons. The molecule has 4 aromatic rings. The molecule has 3 aromatic carbocycles. The summed E-state index contributed by atoms with van der Waals surface area (Å²) in [6, 6.07) is 20.4. The lowest BCUT2D eigenvalue weighted by molar-refractivity contribution is 0.0520. The molecule has 8 nitrogen and oxygen atoms in total. The Morgan fingerprint density at radius 3 is 2.46 bits per heavy atom. The molecule has 0 saturated heterocycles. The highest BCUT2D eigenvalue weighted by Crippen LogP contribution is 2.49. The highest BCUT2D eigenvalue weighted by Gasteiger charge is 2.41. The van der Waals surface area contributed by atoms with E-state index in [1.807, 2.05) is 6.07 Å². The lowest BCUT2D eigenvalue weighted by atomic mass is 10.2. The van der Waals surface area contributed by atoms with Gasteiger partial charge in [-0.25, -0.2) is 17.2 Å². The lowest BCUT2D eigenvalue weighted by Crippen LogP contribution is -2.28. The number of ether oxygens (including phenoxy) is 1. The van der Waals surface area contributed by atoms with Gasteiger partial charge in [0.2, 0.25) is 0 Å². The Labute approximate surface area is 231 Å². The van der Waals surface area contributed by atoms with Crippen molar-refractivity contribution in [1.82, 2.24) is 3.97 Å². The summed E-state index contributed by atoms with van der Waals surface area (Å²) >= 11 is 6.33. The number of aromatic nitrogens is 1. The summed E-state index contributed by atoms with van der Waals surface area (Å²) in [5.74, 6) is -0.986. The second-order valence-electron chi connectivity index (χ2n) is 8.19. The minimum atomic E-state index is -4.38. The van der Waals surface area contributed by atoms with Gasteiger partial charge in [0.25, 0.3) is 17.4 Å². The van der Waals surface area contributed by atoms with Crippen LogP contribution in [0.5, 0.6) is 0 Å². The molecule has 0 fully saturated rings. The molecule has 0 N–H and O–H groups in total. The first-order chi connectivity index (χ1) is 18.7. The Morgan fingerprint density at radius 1 is 1.05 bits per heavy atom. The highest BCUT2D eigenvalue weighted by molar-refractivity contribution is 7.90. The number of hydrogen-bond donors (Lipinski definition) is 0. The zero-order chi connectivity index (χ0) is 28.2. The third kappa shape index (κ3) is 5.29. The smallest absolute Gasteiger partial charge is 0.356 e. The molecule has 0 amide bonds. The Hall–Kier alpha value is -3.67. The van der Waals surface area contributed by atoms with Crippen molar-refractivity contribution in [3.8, 4) is 6.07 Å². The van der Waals surface area contributed by atoms with Gasteiger partial charge >= 0.3 is 5.97 Å². The monoisotopic (exact) mass is 582 g/mol. The molecular formula is C28H24ClN2O6PS. The number of carbonyl (C=O) groups is 1. The molecule has 4 rings (SSSR count). The number of carbonyl (C=O) groups excluding carboxylic acids is 1. The van der Waals surface area contributed by atoms with E-state index in [-0.39, 0.29) is 44.6 Å². The number of nitriles is 1. The van der Waals surface area contributed by atoms with E-state index in [1.54, 1.807) is 56.3 Å². The van der Waals surface area contributed by atoms with E-state index in [2.05, 4.69) is 0 Å². The predicted molar refractivity (Wildman–Crippen MR) is 152 cm³/mol. The first-order valence-corrected chi connectivity index (χ1v) is 15.4. The third-order valence-electron chi connectivity index (χ3n) is 5.78. The van der Waals surface area contributed by atoms with Gasteiger partial charge in [-0.2, -0.15) is 5.26 Å². The number of hydrogen-bond acceptors (Lipinski definition) is 7. The number of esters is 1. The highest BCUT2D eigenvalue weighted by atomic mass is 35.5. The summed E-state index contributed by atoms with van der Waals surface area (Å²) in [7, 11) is -8.55. The fraction of sp³-hybridized carbons (Fsp3) is 0.143. The second kappa shape index (κ2) is 11.6. The van der Waals surface area contributed by atoms with Gasteiger partial charge < -0.3 is 9.26 Å². The average molecular weight is 583 g/mol. The lowest BCUT2D eigenvalue weighted by Gasteiger charge is -2.20. The molecule has 0 saturated carbocycles. The normalized spacial score (nSPS) is 13.3. The molecule has 11 heteroatoms. The van der Waals surface area contributed by atoms with Crippen molar-refractivity contribution in [1.29, 1.82) is 5.26 Å². The van der Waals surface area contributed by atoms with E-state index >= 15 is 4.57 Å². The predicted octanol–water partition coefficient (Wildman–Crippen LogP) is 5.51. The van der Waals surface area contributed by atoms with E-state index in [0.29, 0.717) is 5.56 Å². The van der Waals surface area contributed by atoms with Crippen LogP contribution in [0.15, 0.2) is 83.8 Å². The summed E-state index contributed by atoms with van der Waals surface area (Å²) in [5.41, 5.74) is 0.208. The molecule has 1 aromatic heterocycles.